The zero-order chi connectivity index (χ0) is 14.7. The van der Waals surface area contributed by atoms with Gasteiger partial charge >= 0.3 is 5.97 Å². The Morgan fingerprint density at radius 1 is 1.29 bits per heavy atom. The Morgan fingerprint density at radius 3 is 3.00 bits per heavy atom. The highest BCUT2D eigenvalue weighted by Crippen LogP contribution is 2.21. The summed E-state index contributed by atoms with van der Waals surface area (Å²) in [4.78, 5) is 16.1. The molecule has 5 heteroatoms. The molecule has 0 radical (unpaired) electrons. The molecule has 1 aromatic carbocycles. The highest BCUT2D eigenvalue weighted by atomic mass is 16.5. The summed E-state index contributed by atoms with van der Waals surface area (Å²) >= 11 is 0. The number of piperazine rings is 1. The Morgan fingerprint density at radius 2 is 2.14 bits per heavy atom. The van der Waals surface area contributed by atoms with Crippen LogP contribution >= 0.6 is 0 Å². The Bertz CT molecular complexity index is 506. The van der Waals surface area contributed by atoms with Crippen LogP contribution in [0.2, 0.25) is 0 Å². The molecule has 2 saturated heterocycles. The Labute approximate surface area is 125 Å². The van der Waals surface area contributed by atoms with Gasteiger partial charge in [-0.15, -0.1) is 0 Å². The van der Waals surface area contributed by atoms with Crippen LogP contribution in [0.25, 0.3) is 0 Å². The number of para-hydroxylation sites is 1. The predicted molar refractivity (Wildman–Crippen MR) is 79.9 cm³/mol. The van der Waals surface area contributed by atoms with E-state index >= 15 is 0 Å². The zero-order valence-corrected chi connectivity index (χ0v) is 12.2. The van der Waals surface area contributed by atoms with Crippen molar-refractivity contribution in [2.75, 3.05) is 39.3 Å². The van der Waals surface area contributed by atoms with Gasteiger partial charge in [-0.2, -0.15) is 0 Å². The van der Waals surface area contributed by atoms with Gasteiger partial charge in [-0.3, -0.25) is 9.80 Å². The fourth-order valence-corrected chi connectivity index (χ4v) is 3.31. The van der Waals surface area contributed by atoms with Crippen LogP contribution in [-0.4, -0.2) is 66.2 Å². The van der Waals surface area contributed by atoms with Crippen LogP contribution in [0.1, 0.15) is 23.2 Å². The van der Waals surface area contributed by atoms with E-state index in [1.165, 1.54) is 19.4 Å². The van der Waals surface area contributed by atoms with Crippen LogP contribution in [0.15, 0.2) is 24.3 Å². The van der Waals surface area contributed by atoms with Crippen LogP contribution in [-0.2, 0) is 0 Å². The van der Waals surface area contributed by atoms with Gasteiger partial charge in [0.15, 0.2) is 0 Å². The molecule has 2 aliphatic heterocycles. The Hall–Kier alpha value is -1.59. The number of rotatable bonds is 5. The molecule has 5 nitrogen and oxygen atoms in total. The van der Waals surface area contributed by atoms with Crippen molar-refractivity contribution in [3.8, 4) is 5.75 Å². The molecule has 0 amide bonds. The normalized spacial score (nSPS) is 23.0. The third-order valence-corrected chi connectivity index (χ3v) is 4.45. The van der Waals surface area contributed by atoms with Crippen molar-refractivity contribution in [3.63, 3.8) is 0 Å². The second-order valence-electron chi connectivity index (χ2n) is 5.78. The summed E-state index contributed by atoms with van der Waals surface area (Å²) < 4.78 is 5.68. The van der Waals surface area contributed by atoms with Crippen LogP contribution in [0.5, 0.6) is 5.75 Å². The van der Waals surface area contributed by atoms with Crippen molar-refractivity contribution in [2.24, 2.45) is 0 Å². The number of carboxylic acids is 1. The molecule has 0 spiro atoms. The third kappa shape index (κ3) is 3.36. The van der Waals surface area contributed by atoms with Crippen LogP contribution in [0.4, 0.5) is 0 Å². The van der Waals surface area contributed by atoms with E-state index in [9.17, 15) is 4.79 Å². The third-order valence-electron chi connectivity index (χ3n) is 4.45. The summed E-state index contributed by atoms with van der Waals surface area (Å²) in [7, 11) is 0. The first-order valence-electron chi connectivity index (χ1n) is 7.65. The monoisotopic (exact) mass is 290 g/mol. The number of benzene rings is 1. The molecule has 1 N–H and O–H groups in total. The zero-order valence-electron chi connectivity index (χ0n) is 12.2. The maximum atomic E-state index is 11.1. The first kappa shape index (κ1) is 14.4. The minimum absolute atomic E-state index is 0.234. The predicted octanol–water partition coefficient (Wildman–Crippen LogP) is 1.54. The van der Waals surface area contributed by atoms with E-state index in [0.29, 0.717) is 18.4 Å². The van der Waals surface area contributed by atoms with Crippen LogP contribution in [0.3, 0.4) is 0 Å². The second-order valence-corrected chi connectivity index (χ2v) is 5.78. The van der Waals surface area contributed by atoms with Gasteiger partial charge in [-0.25, -0.2) is 4.79 Å². The quantitative estimate of drug-likeness (QED) is 0.891. The molecular formula is C16H22N2O3. The van der Waals surface area contributed by atoms with E-state index in [4.69, 9.17) is 9.84 Å². The number of hydrogen-bond acceptors (Lipinski definition) is 4. The minimum Gasteiger partial charge on any atom is -0.491 e. The van der Waals surface area contributed by atoms with Crippen molar-refractivity contribution in [2.45, 2.75) is 18.9 Å². The topological polar surface area (TPSA) is 53.0 Å². The molecule has 0 aromatic heterocycles. The molecule has 114 valence electrons. The van der Waals surface area contributed by atoms with E-state index < -0.39 is 5.97 Å². The standard InChI is InChI=1S/C16H22N2O3/c19-16(20)14-5-1-2-6-15(14)21-11-10-17-8-9-18-7-3-4-13(18)12-17/h1-2,5-6,13H,3-4,7-12H2,(H,19,20). The smallest absolute Gasteiger partial charge is 0.339 e. The molecule has 1 atom stereocenters. The lowest BCUT2D eigenvalue weighted by Gasteiger charge is -2.37. The average molecular weight is 290 g/mol. The molecular weight excluding hydrogens is 268 g/mol. The maximum absolute atomic E-state index is 11.1. The number of aromatic carboxylic acids is 1. The molecule has 21 heavy (non-hydrogen) atoms. The first-order chi connectivity index (χ1) is 10.2. The number of ether oxygens (including phenoxy) is 1. The largest absolute Gasteiger partial charge is 0.491 e. The van der Waals surface area contributed by atoms with Gasteiger partial charge in [-0.1, -0.05) is 12.1 Å². The van der Waals surface area contributed by atoms with Crippen molar-refractivity contribution in [3.05, 3.63) is 29.8 Å². The van der Waals surface area contributed by atoms with Gasteiger partial charge in [0.1, 0.15) is 17.9 Å². The van der Waals surface area contributed by atoms with Gasteiger partial charge in [-0.05, 0) is 31.5 Å². The lowest BCUT2D eigenvalue weighted by atomic mass is 10.1. The van der Waals surface area contributed by atoms with Gasteiger partial charge in [0.05, 0.1) is 0 Å². The molecule has 2 heterocycles. The summed E-state index contributed by atoms with van der Waals surface area (Å²) in [5.41, 5.74) is 0.234. The summed E-state index contributed by atoms with van der Waals surface area (Å²) in [5.74, 6) is -0.477. The maximum Gasteiger partial charge on any atom is 0.339 e. The fourth-order valence-electron chi connectivity index (χ4n) is 3.31. The van der Waals surface area contributed by atoms with Crippen molar-refractivity contribution < 1.29 is 14.6 Å². The summed E-state index contributed by atoms with van der Waals surface area (Å²) in [6, 6.07) is 7.53. The number of fused-ring (bicyclic) bond motifs is 1. The molecule has 0 bridgehead atoms. The van der Waals surface area contributed by atoms with Gasteiger partial charge in [0, 0.05) is 32.2 Å². The number of carbonyl (C=O) groups is 1. The highest BCUT2D eigenvalue weighted by molar-refractivity contribution is 5.90. The second kappa shape index (κ2) is 6.45. The summed E-state index contributed by atoms with van der Waals surface area (Å²) in [6.07, 6.45) is 2.63. The lowest BCUT2D eigenvalue weighted by molar-refractivity contribution is 0.0688. The van der Waals surface area contributed by atoms with Crippen LogP contribution in [0, 0.1) is 0 Å². The molecule has 3 rings (SSSR count). The van der Waals surface area contributed by atoms with Crippen molar-refractivity contribution in [1.82, 2.24) is 9.80 Å². The summed E-state index contributed by atoms with van der Waals surface area (Å²) in [6.45, 7) is 6.00. The van der Waals surface area contributed by atoms with Gasteiger partial charge in [0.25, 0.3) is 0 Å². The molecule has 1 unspecified atom stereocenters. The van der Waals surface area contributed by atoms with E-state index in [0.717, 1.165) is 26.2 Å². The molecule has 0 aliphatic carbocycles. The SMILES string of the molecule is O=C(O)c1ccccc1OCCN1CCN2CCCC2C1. The molecule has 1 aromatic rings. The number of nitrogens with zero attached hydrogens (tertiary/aromatic N) is 2. The van der Waals surface area contributed by atoms with Gasteiger partial charge < -0.3 is 9.84 Å². The Kier molecular flexibility index (Phi) is 4.41. The van der Waals surface area contributed by atoms with Crippen LogP contribution < -0.4 is 4.74 Å². The minimum atomic E-state index is -0.940. The average Bonchev–Trinajstić information content (AvgIpc) is 2.95. The number of hydrogen-bond donors (Lipinski definition) is 1. The van der Waals surface area contributed by atoms with E-state index in [-0.39, 0.29) is 5.56 Å². The van der Waals surface area contributed by atoms with E-state index in [1.807, 2.05) is 0 Å². The summed E-state index contributed by atoms with van der Waals surface area (Å²) in [5, 5.41) is 9.12. The van der Waals surface area contributed by atoms with E-state index in [2.05, 4.69) is 9.80 Å². The lowest BCUT2D eigenvalue weighted by Crippen LogP contribution is -2.50. The molecule has 0 saturated carbocycles. The first-order valence-corrected chi connectivity index (χ1v) is 7.65. The fraction of sp³-hybridized carbons (Fsp3) is 0.562. The van der Waals surface area contributed by atoms with Crippen molar-refractivity contribution in [1.29, 1.82) is 0 Å². The highest BCUT2D eigenvalue weighted by Gasteiger charge is 2.30. The number of carboxylic acid groups (broad SMARTS) is 1. The van der Waals surface area contributed by atoms with Crippen molar-refractivity contribution >= 4 is 5.97 Å². The van der Waals surface area contributed by atoms with Gasteiger partial charge in [0.2, 0.25) is 0 Å². The van der Waals surface area contributed by atoms with E-state index in [1.54, 1.807) is 24.3 Å². The Balaban J connectivity index is 1.49. The molecule has 2 fully saturated rings. The molecule has 2 aliphatic rings.